The summed E-state index contributed by atoms with van der Waals surface area (Å²) in [5.74, 6) is -4.97. The minimum Gasteiger partial charge on any atom is -0.481 e. The number of hydrogen-bond donors (Lipinski definition) is 2. The van der Waals surface area contributed by atoms with Crippen LogP contribution in [0, 0.1) is 24.4 Å². The van der Waals surface area contributed by atoms with Crippen molar-refractivity contribution in [2.45, 2.75) is 37.1 Å². The summed E-state index contributed by atoms with van der Waals surface area (Å²) in [6, 6.07) is 5.25. The largest absolute Gasteiger partial charge is 0.481 e. The predicted octanol–water partition coefficient (Wildman–Crippen LogP) is 4.71. The Morgan fingerprint density at radius 2 is 1.85 bits per heavy atom. The Morgan fingerprint density at radius 3 is 2.53 bits per heavy atom. The van der Waals surface area contributed by atoms with Crippen LogP contribution in [0.3, 0.4) is 0 Å². The molecule has 1 aromatic heterocycles. The van der Waals surface area contributed by atoms with Crippen LogP contribution in [0.25, 0.3) is 0 Å². The molecule has 2 unspecified atom stereocenters. The van der Waals surface area contributed by atoms with Crippen molar-refractivity contribution in [3.8, 4) is 0 Å². The Hall–Kier alpha value is -3.60. The number of pyridine rings is 1. The van der Waals surface area contributed by atoms with E-state index in [9.17, 15) is 27.1 Å². The van der Waals surface area contributed by atoms with Gasteiger partial charge in [-0.05, 0) is 55.3 Å². The van der Waals surface area contributed by atoms with E-state index in [2.05, 4.69) is 10.3 Å². The minimum atomic E-state index is -4.67. The average Bonchev–Trinajstić information content (AvgIpc) is 3.01. The molecule has 1 aliphatic heterocycles. The molecule has 178 valence electrons. The number of nitrogens with one attached hydrogen (secondary N) is 1. The first kappa shape index (κ1) is 23.6. The monoisotopic (exact) mass is 491 g/mol. The molecule has 2 N–H and O–H groups in total. The highest BCUT2D eigenvalue weighted by molar-refractivity contribution is 7.93. The highest BCUT2D eigenvalue weighted by atomic mass is 32.2. The number of anilines is 3. The molecule has 11 heteroatoms. The van der Waals surface area contributed by atoms with Gasteiger partial charge in [-0.1, -0.05) is 0 Å². The molecule has 0 aliphatic carbocycles. The number of fused-ring (bicyclic) bond motifs is 1. The molecule has 0 fully saturated rings. The van der Waals surface area contributed by atoms with Crippen LogP contribution in [-0.4, -0.2) is 30.5 Å². The van der Waals surface area contributed by atoms with Crippen LogP contribution in [-0.2, 0) is 14.8 Å². The number of rotatable bonds is 6. The number of aliphatic carboxylic acids is 1. The molecule has 0 radical (unpaired) electrons. The van der Waals surface area contributed by atoms with Crippen LogP contribution < -0.4 is 9.62 Å². The predicted molar refractivity (Wildman–Crippen MR) is 119 cm³/mol. The van der Waals surface area contributed by atoms with Crippen LogP contribution in [0.4, 0.5) is 30.2 Å². The van der Waals surface area contributed by atoms with E-state index in [4.69, 9.17) is 0 Å². The molecule has 2 aromatic carbocycles. The van der Waals surface area contributed by atoms with Crippen LogP contribution in [0.2, 0.25) is 0 Å². The number of halogens is 3. The van der Waals surface area contributed by atoms with Gasteiger partial charge in [-0.3, -0.25) is 14.1 Å². The molecule has 1 aliphatic rings. The van der Waals surface area contributed by atoms with Gasteiger partial charge in [0.05, 0.1) is 35.7 Å². The lowest BCUT2D eigenvalue weighted by Crippen LogP contribution is -2.38. The van der Waals surface area contributed by atoms with E-state index < -0.39 is 56.7 Å². The highest BCUT2D eigenvalue weighted by Crippen LogP contribution is 2.46. The Bertz CT molecular complexity index is 1400. The smallest absolute Gasteiger partial charge is 0.304 e. The number of nitrogens with zero attached hydrogens (tertiary/aromatic N) is 2. The number of carboxylic acids is 1. The van der Waals surface area contributed by atoms with Crippen LogP contribution in [0.1, 0.15) is 30.4 Å². The van der Waals surface area contributed by atoms with Crippen molar-refractivity contribution in [2.24, 2.45) is 0 Å². The molecule has 4 rings (SSSR count). The third-order valence-corrected chi connectivity index (χ3v) is 7.60. The summed E-state index contributed by atoms with van der Waals surface area (Å²) in [7, 11) is -4.67. The van der Waals surface area contributed by atoms with Gasteiger partial charge >= 0.3 is 5.97 Å². The molecule has 0 amide bonds. The molecule has 0 spiro atoms. The highest BCUT2D eigenvalue weighted by Gasteiger charge is 2.44. The second-order valence-corrected chi connectivity index (χ2v) is 9.87. The van der Waals surface area contributed by atoms with E-state index in [1.165, 1.54) is 19.2 Å². The first-order valence-electron chi connectivity index (χ1n) is 10.2. The molecule has 34 heavy (non-hydrogen) atoms. The topological polar surface area (TPSA) is 99.6 Å². The molecule has 2 heterocycles. The number of hydrogen-bond acceptors (Lipinski definition) is 5. The van der Waals surface area contributed by atoms with Crippen molar-refractivity contribution in [1.29, 1.82) is 0 Å². The third-order valence-electron chi connectivity index (χ3n) is 5.69. The Morgan fingerprint density at radius 1 is 1.12 bits per heavy atom. The van der Waals surface area contributed by atoms with Crippen molar-refractivity contribution in [1.82, 2.24) is 4.98 Å². The minimum absolute atomic E-state index is 0.0213. The number of aromatic nitrogens is 1. The number of benzene rings is 2. The number of sulfonamides is 1. The van der Waals surface area contributed by atoms with Gasteiger partial charge in [0.15, 0.2) is 0 Å². The fourth-order valence-electron chi connectivity index (χ4n) is 4.19. The lowest BCUT2D eigenvalue weighted by Gasteiger charge is -2.27. The zero-order chi connectivity index (χ0) is 24.8. The van der Waals surface area contributed by atoms with E-state index in [0.29, 0.717) is 11.8 Å². The fourth-order valence-corrected chi connectivity index (χ4v) is 5.97. The summed E-state index contributed by atoms with van der Waals surface area (Å²) in [4.78, 5) is 14.4. The molecular weight excluding hydrogens is 471 g/mol. The van der Waals surface area contributed by atoms with Gasteiger partial charge < -0.3 is 10.4 Å². The van der Waals surface area contributed by atoms with Gasteiger partial charge in [-0.15, -0.1) is 0 Å². The zero-order valence-electron chi connectivity index (χ0n) is 18.1. The van der Waals surface area contributed by atoms with Crippen molar-refractivity contribution in [3.05, 3.63) is 77.4 Å². The Kier molecular flexibility index (Phi) is 5.98. The van der Waals surface area contributed by atoms with E-state index in [-0.39, 0.29) is 16.9 Å². The summed E-state index contributed by atoms with van der Waals surface area (Å²) in [5, 5.41) is 11.9. The second kappa shape index (κ2) is 8.64. The van der Waals surface area contributed by atoms with E-state index >= 15 is 4.39 Å². The van der Waals surface area contributed by atoms with Crippen molar-refractivity contribution >= 4 is 33.1 Å². The summed E-state index contributed by atoms with van der Waals surface area (Å²) in [6.07, 6.45) is 2.52. The fraction of sp³-hybridized carbons (Fsp3) is 0.217. The standard InChI is InChI=1S/C23H20F3N3O4S/c1-12-5-15(11-27-10-12)28-20-8-19(26)22(9-18(20)25)34(32,33)29-13(2)16(7-23(30)31)17-6-14(24)3-4-21(17)29/h3-6,8-11,13,16,28H,7H2,1-2H3,(H,30,31). The molecule has 2 atom stereocenters. The maximum absolute atomic E-state index is 15.1. The first-order chi connectivity index (χ1) is 16.0. The maximum atomic E-state index is 15.1. The normalized spacial score (nSPS) is 17.5. The van der Waals surface area contributed by atoms with Crippen molar-refractivity contribution in [3.63, 3.8) is 0 Å². The van der Waals surface area contributed by atoms with Crippen LogP contribution in [0.15, 0.2) is 53.7 Å². The van der Waals surface area contributed by atoms with E-state index in [0.717, 1.165) is 28.1 Å². The molecular formula is C23H20F3N3O4S. The van der Waals surface area contributed by atoms with E-state index in [1.54, 1.807) is 19.2 Å². The second-order valence-electron chi connectivity index (χ2n) is 8.09. The first-order valence-corrected chi connectivity index (χ1v) is 11.7. The molecule has 0 bridgehead atoms. The SMILES string of the molecule is Cc1cncc(Nc2cc(F)c(S(=O)(=O)N3c4ccc(F)cc4C(CC(=O)O)C3C)cc2F)c1. The van der Waals surface area contributed by atoms with Gasteiger partial charge in [0, 0.05) is 18.2 Å². The average molecular weight is 491 g/mol. The quantitative estimate of drug-likeness (QED) is 0.518. The number of carboxylic acid groups (broad SMARTS) is 1. The van der Waals surface area contributed by atoms with Gasteiger partial charge in [0.2, 0.25) is 0 Å². The van der Waals surface area contributed by atoms with Gasteiger partial charge in [-0.2, -0.15) is 0 Å². The van der Waals surface area contributed by atoms with Crippen LogP contribution in [0.5, 0.6) is 0 Å². The third kappa shape index (κ3) is 4.18. The van der Waals surface area contributed by atoms with Crippen molar-refractivity contribution < 1.29 is 31.5 Å². The molecule has 7 nitrogen and oxygen atoms in total. The Labute approximate surface area is 193 Å². The summed E-state index contributed by atoms with van der Waals surface area (Å²) in [5.41, 5.74) is 1.07. The lowest BCUT2D eigenvalue weighted by molar-refractivity contribution is -0.137. The Balaban J connectivity index is 1.76. The van der Waals surface area contributed by atoms with E-state index in [1.807, 2.05) is 0 Å². The summed E-state index contributed by atoms with van der Waals surface area (Å²) < 4.78 is 71.5. The summed E-state index contributed by atoms with van der Waals surface area (Å²) >= 11 is 0. The molecule has 0 saturated heterocycles. The zero-order valence-corrected chi connectivity index (χ0v) is 18.9. The molecule has 0 saturated carbocycles. The van der Waals surface area contributed by atoms with Gasteiger partial charge in [0.25, 0.3) is 10.0 Å². The maximum Gasteiger partial charge on any atom is 0.304 e. The number of aryl methyl sites for hydroxylation is 1. The van der Waals surface area contributed by atoms with Crippen LogP contribution >= 0.6 is 0 Å². The summed E-state index contributed by atoms with van der Waals surface area (Å²) in [6.45, 7) is 3.21. The van der Waals surface area contributed by atoms with Crippen molar-refractivity contribution in [2.75, 3.05) is 9.62 Å². The van der Waals surface area contributed by atoms with Gasteiger partial charge in [0.1, 0.15) is 22.3 Å². The number of carbonyl (C=O) groups is 1. The lowest BCUT2D eigenvalue weighted by atomic mass is 9.93. The molecule has 3 aromatic rings. The van der Waals surface area contributed by atoms with Gasteiger partial charge in [-0.25, -0.2) is 21.6 Å².